The maximum absolute atomic E-state index is 5.81. The lowest BCUT2D eigenvalue weighted by molar-refractivity contribution is 0.227. The van der Waals surface area contributed by atoms with Crippen molar-refractivity contribution in [2.75, 3.05) is 0 Å². The summed E-state index contributed by atoms with van der Waals surface area (Å²) < 4.78 is 5.81. The van der Waals surface area contributed by atoms with Crippen molar-refractivity contribution in [2.24, 2.45) is 5.73 Å². The van der Waals surface area contributed by atoms with Crippen LogP contribution < -0.4 is 10.5 Å². The highest BCUT2D eigenvalue weighted by atomic mass is 16.5. The van der Waals surface area contributed by atoms with Gasteiger partial charge in [-0.2, -0.15) is 0 Å². The van der Waals surface area contributed by atoms with Gasteiger partial charge in [0.25, 0.3) is 0 Å². The van der Waals surface area contributed by atoms with E-state index in [1.807, 2.05) is 18.2 Å². The summed E-state index contributed by atoms with van der Waals surface area (Å²) in [5, 5.41) is 0. The molecule has 1 unspecified atom stereocenters. The lowest BCUT2D eigenvalue weighted by Crippen LogP contribution is -2.09. The number of para-hydroxylation sites is 1. The predicted molar refractivity (Wildman–Crippen MR) is 63.4 cm³/mol. The Bertz CT molecular complexity index is 499. The first-order valence-electron chi connectivity index (χ1n) is 5.62. The molecule has 4 heteroatoms. The molecular weight excluding hydrogens is 214 g/mol. The van der Waals surface area contributed by atoms with Crippen LogP contribution in [0.2, 0.25) is 0 Å². The smallest absolute Gasteiger partial charge is 0.169 e. The first-order chi connectivity index (χ1) is 8.36. The zero-order valence-corrected chi connectivity index (χ0v) is 9.34. The summed E-state index contributed by atoms with van der Waals surface area (Å²) in [5.74, 6) is 1.66. The average molecular weight is 227 g/mol. The highest BCUT2D eigenvalue weighted by Crippen LogP contribution is 2.34. The topological polar surface area (TPSA) is 61.0 Å². The molecule has 86 valence electrons. The quantitative estimate of drug-likeness (QED) is 0.846. The summed E-state index contributed by atoms with van der Waals surface area (Å²) in [4.78, 5) is 8.60. The standard InChI is InChI=1S/C13H13N3O/c14-6-9-7-15-13(16-8-9)12-5-10-3-1-2-4-11(10)17-12/h1-4,7-8,12H,5-6,14H2. The average Bonchev–Trinajstić information content (AvgIpc) is 2.82. The summed E-state index contributed by atoms with van der Waals surface area (Å²) in [7, 11) is 0. The molecular formula is C13H13N3O. The minimum atomic E-state index is -0.0702. The van der Waals surface area contributed by atoms with E-state index in [1.165, 1.54) is 5.56 Å². The second-order valence-electron chi connectivity index (χ2n) is 4.07. The number of fused-ring (bicyclic) bond motifs is 1. The zero-order chi connectivity index (χ0) is 11.7. The van der Waals surface area contributed by atoms with Crippen LogP contribution in [-0.2, 0) is 13.0 Å². The van der Waals surface area contributed by atoms with E-state index in [4.69, 9.17) is 10.5 Å². The van der Waals surface area contributed by atoms with Gasteiger partial charge in [0.1, 0.15) is 5.75 Å². The van der Waals surface area contributed by atoms with Gasteiger partial charge in [0.05, 0.1) is 0 Å². The summed E-state index contributed by atoms with van der Waals surface area (Å²) >= 11 is 0. The van der Waals surface area contributed by atoms with E-state index in [0.717, 1.165) is 23.6 Å². The first kappa shape index (κ1) is 10.2. The van der Waals surface area contributed by atoms with Crippen molar-refractivity contribution in [3.05, 3.63) is 53.6 Å². The Labute approximate surface area is 99.5 Å². The molecule has 1 aliphatic heterocycles. The molecule has 3 rings (SSSR count). The molecule has 2 heterocycles. The first-order valence-corrected chi connectivity index (χ1v) is 5.62. The number of hydrogen-bond donors (Lipinski definition) is 1. The molecule has 2 aromatic rings. The van der Waals surface area contributed by atoms with E-state index < -0.39 is 0 Å². The van der Waals surface area contributed by atoms with Crippen LogP contribution in [0.25, 0.3) is 0 Å². The fourth-order valence-corrected chi connectivity index (χ4v) is 1.96. The highest BCUT2D eigenvalue weighted by molar-refractivity contribution is 5.38. The van der Waals surface area contributed by atoms with E-state index in [-0.39, 0.29) is 6.10 Å². The second kappa shape index (κ2) is 4.14. The van der Waals surface area contributed by atoms with Crippen LogP contribution in [0.15, 0.2) is 36.7 Å². The van der Waals surface area contributed by atoms with Crippen molar-refractivity contribution in [3.63, 3.8) is 0 Å². The molecule has 0 bridgehead atoms. The van der Waals surface area contributed by atoms with Crippen molar-refractivity contribution < 1.29 is 4.74 Å². The minimum Gasteiger partial charge on any atom is -0.482 e. The molecule has 0 spiro atoms. The van der Waals surface area contributed by atoms with Gasteiger partial charge in [-0.05, 0) is 11.6 Å². The van der Waals surface area contributed by atoms with Crippen molar-refractivity contribution in [1.29, 1.82) is 0 Å². The number of ether oxygens (including phenoxy) is 1. The van der Waals surface area contributed by atoms with Gasteiger partial charge < -0.3 is 10.5 Å². The third kappa shape index (κ3) is 1.87. The number of aromatic nitrogens is 2. The van der Waals surface area contributed by atoms with Gasteiger partial charge in [-0.3, -0.25) is 0 Å². The van der Waals surface area contributed by atoms with Crippen LogP contribution in [0.3, 0.4) is 0 Å². The molecule has 1 aromatic carbocycles. The van der Waals surface area contributed by atoms with Crippen LogP contribution in [0, 0.1) is 0 Å². The van der Waals surface area contributed by atoms with Crippen LogP contribution in [0.4, 0.5) is 0 Å². The third-order valence-electron chi connectivity index (χ3n) is 2.90. The molecule has 1 aromatic heterocycles. The van der Waals surface area contributed by atoms with E-state index in [9.17, 15) is 0 Å². The molecule has 2 N–H and O–H groups in total. The molecule has 1 atom stereocenters. The number of nitrogens with zero attached hydrogens (tertiary/aromatic N) is 2. The van der Waals surface area contributed by atoms with Crippen LogP contribution in [0.5, 0.6) is 5.75 Å². The molecule has 17 heavy (non-hydrogen) atoms. The SMILES string of the molecule is NCc1cnc(C2Cc3ccccc3O2)nc1. The Balaban J connectivity index is 1.83. The van der Waals surface area contributed by atoms with E-state index in [2.05, 4.69) is 16.0 Å². The van der Waals surface area contributed by atoms with Crippen molar-refractivity contribution in [2.45, 2.75) is 19.1 Å². The van der Waals surface area contributed by atoms with Crippen LogP contribution in [0.1, 0.15) is 23.1 Å². The zero-order valence-electron chi connectivity index (χ0n) is 9.34. The van der Waals surface area contributed by atoms with Crippen LogP contribution in [-0.4, -0.2) is 9.97 Å². The summed E-state index contributed by atoms with van der Waals surface area (Å²) in [6.45, 7) is 0.464. The van der Waals surface area contributed by atoms with Crippen LogP contribution >= 0.6 is 0 Å². The third-order valence-corrected chi connectivity index (χ3v) is 2.90. The Morgan fingerprint density at radius 2 is 2.00 bits per heavy atom. The summed E-state index contributed by atoms with van der Waals surface area (Å²) in [5.41, 5.74) is 7.66. The van der Waals surface area contributed by atoms with Crippen molar-refractivity contribution in [3.8, 4) is 5.75 Å². The van der Waals surface area contributed by atoms with Gasteiger partial charge in [-0.15, -0.1) is 0 Å². The predicted octanol–water partition coefficient (Wildman–Crippen LogP) is 1.61. The van der Waals surface area contributed by atoms with Crippen molar-refractivity contribution in [1.82, 2.24) is 9.97 Å². The number of hydrogen-bond acceptors (Lipinski definition) is 4. The Morgan fingerprint density at radius 1 is 1.24 bits per heavy atom. The highest BCUT2D eigenvalue weighted by Gasteiger charge is 2.25. The van der Waals surface area contributed by atoms with Gasteiger partial charge >= 0.3 is 0 Å². The molecule has 0 amide bonds. The molecule has 4 nitrogen and oxygen atoms in total. The molecule has 0 fully saturated rings. The Morgan fingerprint density at radius 3 is 2.71 bits per heavy atom. The van der Waals surface area contributed by atoms with E-state index in [0.29, 0.717) is 6.54 Å². The normalized spacial score (nSPS) is 17.6. The van der Waals surface area contributed by atoms with Gasteiger partial charge in [0.2, 0.25) is 0 Å². The largest absolute Gasteiger partial charge is 0.482 e. The Hall–Kier alpha value is -1.94. The minimum absolute atomic E-state index is 0.0702. The number of rotatable bonds is 2. The Kier molecular flexibility index (Phi) is 2.49. The number of benzene rings is 1. The molecule has 1 aliphatic rings. The maximum Gasteiger partial charge on any atom is 0.169 e. The maximum atomic E-state index is 5.81. The van der Waals surface area contributed by atoms with Gasteiger partial charge in [0, 0.05) is 30.9 Å². The van der Waals surface area contributed by atoms with E-state index >= 15 is 0 Å². The lowest BCUT2D eigenvalue weighted by atomic mass is 10.1. The van der Waals surface area contributed by atoms with Gasteiger partial charge in [-0.25, -0.2) is 9.97 Å². The molecule has 0 radical (unpaired) electrons. The number of nitrogens with two attached hydrogens (primary N) is 1. The molecule has 0 saturated carbocycles. The molecule has 0 saturated heterocycles. The van der Waals surface area contributed by atoms with Gasteiger partial charge in [-0.1, -0.05) is 18.2 Å². The van der Waals surface area contributed by atoms with E-state index in [1.54, 1.807) is 12.4 Å². The van der Waals surface area contributed by atoms with Gasteiger partial charge in [0.15, 0.2) is 11.9 Å². The fraction of sp³-hybridized carbons (Fsp3) is 0.231. The van der Waals surface area contributed by atoms with Crippen molar-refractivity contribution >= 4 is 0 Å². The fourth-order valence-electron chi connectivity index (χ4n) is 1.96. The summed E-state index contributed by atoms with van der Waals surface area (Å²) in [6.07, 6.45) is 4.28. The summed E-state index contributed by atoms with van der Waals surface area (Å²) in [6, 6.07) is 8.04. The molecule has 0 aliphatic carbocycles. The second-order valence-corrected chi connectivity index (χ2v) is 4.07. The monoisotopic (exact) mass is 227 g/mol. The lowest BCUT2D eigenvalue weighted by Gasteiger charge is -2.08.